The monoisotopic (exact) mass is 444 g/mol. The molecule has 174 valence electrons. The predicted molar refractivity (Wildman–Crippen MR) is 123 cm³/mol. The fourth-order valence-corrected chi connectivity index (χ4v) is 2.79. The molecular weight excluding hydrogens is 403 g/mol. The highest BCUT2D eigenvalue weighted by atomic mass is 31.2. The molecule has 0 aliphatic heterocycles. The molecule has 0 saturated carbocycles. The van der Waals surface area contributed by atoms with Gasteiger partial charge in [-0.05, 0) is 67.2 Å². The van der Waals surface area contributed by atoms with Crippen molar-refractivity contribution >= 4 is 7.82 Å². The highest BCUT2D eigenvalue weighted by Crippen LogP contribution is 2.35. The second-order valence-electron chi connectivity index (χ2n) is 8.02. The molecule has 0 rings (SSSR count). The van der Waals surface area contributed by atoms with Gasteiger partial charge in [-0.2, -0.15) is 0 Å². The third-order valence-electron chi connectivity index (χ3n) is 4.23. The van der Waals surface area contributed by atoms with E-state index in [4.69, 9.17) is 19.3 Å². The van der Waals surface area contributed by atoms with Crippen LogP contribution in [0.5, 0.6) is 0 Å². The molecule has 0 spiro atoms. The Labute approximate surface area is 182 Å². The van der Waals surface area contributed by atoms with Gasteiger partial charge in [0.1, 0.15) is 6.10 Å². The lowest BCUT2D eigenvalue weighted by atomic mass is 10.1. The van der Waals surface area contributed by atoms with Gasteiger partial charge in [-0.15, -0.1) is 0 Å². The van der Waals surface area contributed by atoms with Crippen molar-refractivity contribution in [2.75, 3.05) is 26.4 Å². The molecule has 0 aliphatic rings. The lowest BCUT2D eigenvalue weighted by molar-refractivity contribution is -0.0267. The van der Waals surface area contributed by atoms with Crippen LogP contribution in [-0.4, -0.2) is 42.3 Å². The van der Waals surface area contributed by atoms with Gasteiger partial charge in [-0.25, -0.2) is 4.57 Å². The van der Waals surface area contributed by atoms with Crippen LogP contribution < -0.4 is 0 Å². The van der Waals surface area contributed by atoms with Crippen molar-refractivity contribution < 1.29 is 28.3 Å². The van der Waals surface area contributed by atoms with Gasteiger partial charge >= 0.3 is 7.82 Å². The van der Waals surface area contributed by atoms with Crippen LogP contribution in [-0.2, 0) is 18.6 Å². The zero-order valence-corrected chi connectivity index (χ0v) is 20.4. The first-order valence-electron chi connectivity index (χ1n) is 10.5. The van der Waals surface area contributed by atoms with Crippen LogP contribution in [0.1, 0.15) is 67.2 Å². The zero-order chi connectivity index (χ0) is 23.0. The Hall–Kier alpha value is -1.01. The van der Waals surface area contributed by atoms with Gasteiger partial charge in [0.05, 0.1) is 26.4 Å². The molecule has 2 N–H and O–H groups in total. The molecule has 0 bridgehead atoms. The topological polar surface area (TPSA) is 85.2 Å². The van der Waals surface area contributed by atoms with Crippen molar-refractivity contribution in [2.45, 2.75) is 73.3 Å². The summed E-state index contributed by atoms with van der Waals surface area (Å²) < 4.78 is 27.0. The number of rotatable bonds is 16. The summed E-state index contributed by atoms with van der Waals surface area (Å²) in [6, 6.07) is 0. The van der Waals surface area contributed by atoms with Gasteiger partial charge in [0.2, 0.25) is 0 Å². The minimum absolute atomic E-state index is 0.197. The molecule has 0 aromatic heterocycles. The van der Waals surface area contributed by atoms with Crippen molar-refractivity contribution in [1.29, 1.82) is 0 Å². The van der Waals surface area contributed by atoms with E-state index in [2.05, 4.69) is 51.3 Å². The van der Waals surface area contributed by atoms with E-state index in [1.807, 2.05) is 19.1 Å². The van der Waals surface area contributed by atoms with E-state index in [-0.39, 0.29) is 13.2 Å². The maximum atomic E-state index is 11.0. The fraction of sp³-hybridized carbons (Fsp3) is 0.652. The van der Waals surface area contributed by atoms with Gasteiger partial charge < -0.3 is 19.3 Å². The van der Waals surface area contributed by atoms with E-state index in [9.17, 15) is 4.57 Å². The third-order valence-corrected chi connectivity index (χ3v) is 4.71. The first-order valence-corrected chi connectivity index (χ1v) is 12.0. The Morgan fingerprint density at radius 2 is 1.30 bits per heavy atom. The molecule has 0 fully saturated rings. The summed E-state index contributed by atoms with van der Waals surface area (Å²) in [5, 5.41) is 0. The van der Waals surface area contributed by atoms with Crippen LogP contribution >= 0.6 is 7.82 Å². The number of phosphoric ester groups is 1. The molecule has 0 heterocycles. The highest BCUT2D eigenvalue weighted by Gasteiger charge is 2.18. The molecule has 0 radical (unpaired) electrons. The average Bonchev–Trinajstić information content (AvgIpc) is 2.61. The van der Waals surface area contributed by atoms with Crippen molar-refractivity contribution in [3.63, 3.8) is 0 Å². The van der Waals surface area contributed by atoms with Crippen LogP contribution in [0.2, 0.25) is 0 Å². The van der Waals surface area contributed by atoms with Crippen LogP contribution in [0.25, 0.3) is 0 Å². The molecule has 7 heteroatoms. The summed E-state index contributed by atoms with van der Waals surface area (Å²) in [6.45, 7) is 13.2. The molecule has 1 atom stereocenters. The molecular formula is C23H41O6P. The maximum Gasteiger partial charge on any atom is 0.469 e. The number of allylic oxidation sites excluding steroid dienone is 6. The maximum absolute atomic E-state index is 11.0. The summed E-state index contributed by atoms with van der Waals surface area (Å²) in [5.74, 6) is 0. The Morgan fingerprint density at radius 3 is 1.77 bits per heavy atom. The van der Waals surface area contributed by atoms with Crippen molar-refractivity contribution in [1.82, 2.24) is 0 Å². The van der Waals surface area contributed by atoms with Crippen molar-refractivity contribution in [2.24, 2.45) is 0 Å². The number of hydrogen-bond donors (Lipinski definition) is 2. The predicted octanol–water partition coefficient (Wildman–Crippen LogP) is 5.88. The highest BCUT2D eigenvalue weighted by molar-refractivity contribution is 7.46. The molecule has 0 saturated heterocycles. The molecule has 0 aromatic carbocycles. The lowest BCUT2D eigenvalue weighted by Gasteiger charge is -2.17. The van der Waals surface area contributed by atoms with E-state index >= 15 is 0 Å². The fourth-order valence-electron chi connectivity index (χ4n) is 2.43. The van der Waals surface area contributed by atoms with Gasteiger partial charge in [0.15, 0.2) is 0 Å². The lowest BCUT2D eigenvalue weighted by Crippen LogP contribution is -2.25. The second-order valence-corrected chi connectivity index (χ2v) is 9.26. The standard InChI is InChI=1S/C23H41O6P/c1-19(2)9-7-11-21(5)13-15-27-17-23(18-29-30(24,25)26)28-16-14-22(6)12-8-10-20(3)4/h9-10,13-14,23H,7-8,11-12,15-18H2,1-6H3,(H2,24,25,26)/b21-13+,22-14+. The summed E-state index contributed by atoms with van der Waals surface area (Å²) in [6.07, 6.45) is 11.8. The van der Waals surface area contributed by atoms with Gasteiger partial charge in [0, 0.05) is 0 Å². The summed E-state index contributed by atoms with van der Waals surface area (Å²) in [4.78, 5) is 17.9. The summed E-state index contributed by atoms with van der Waals surface area (Å²) in [5.41, 5.74) is 5.06. The summed E-state index contributed by atoms with van der Waals surface area (Å²) >= 11 is 0. The molecule has 0 aliphatic carbocycles. The normalized spacial score (nSPS) is 13.9. The van der Waals surface area contributed by atoms with Gasteiger partial charge in [-0.1, -0.05) is 46.6 Å². The van der Waals surface area contributed by atoms with Crippen LogP contribution in [0.3, 0.4) is 0 Å². The van der Waals surface area contributed by atoms with E-state index < -0.39 is 13.9 Å². The Morgan fingerprint density at radius 1 is 0.800 bits per heavy atom. The van der Waals surface area contributed by atoms with Crippen molar-refractivity contribution in [3.8, 4) is 0 Å². The van der Waals surface area contributed by atoms with E-state index in [1.165, 1.54) is 22.3 Å². The first-order chi connectivity index (χ1) is 14.0. The Kier molecular flexibility index (Phi) is 16.1. The van der Waals surface area contributed by atoms with E-state index in [0.717, 1.165) is 25.7 Å². The van der Waals surface area contributed by atoms with E-state index in [1.54, 1.807) is 0 Å². The summed E-state index contributed by atoms with van der Waals surface area (Å²) in [7, 11) is -4.55. The third kappa shape index (κ3) is 20.3. The number of phosphoric acid groups is 1. The van der Waals surface area contributed by atoms with Crippen LogP contribution in [0, 0.1) is 0 Å². The number of ether oxygens (including phenoxy) is 2. The largest absolute Gasteiger partial charge is 0.469 e. The Bertz CT molecular complexity index is 634. The van der Waals surface area contributed by atoms with Crippen molar-refractivity contribution in [3.05, 3.63) is 46.6 Å². The molecule has 1 unspecified atom stereocenters. The quantitative estimate of drug-likeness (QED) is 0.176. The van der Waals surface area contributed by atoms with E-state index in [0.29, 0.717) is 13.2 Å². The zero-order valence-electron chi connectivity index (χ0n) is 19.5. The van der Waals surface area contributed by atoms with Crippen LogP contribution in [0.15, 0.2) is 46.6 Å². The molecule has 30 heavy (non-hydrogen) atoms. The van der Waals surface area contributed by atoms with Crippen LogP contribution in [0.4, 0.5) is 0 Å². The SMILES string of the molecule is CC(C)=CCC/C(C)=C/COCC(COP(=O)(O)O)OC/C=C(\C)CCC=C(C)C. The average molecular weight is 445 g/mol. The molecule has 6 nitrogen and oxygen atoms in total. The van der Waals surface area contributed by atoms with Gasteiger partial charge in [-0.3, -0.25) is 4.52 Å². The number of hydrogen-bond acceptors (Lipinski definition) is 4. The minimum Gasteiger partial charge on any atom is -0.375 e. The smallest absolute Gasteiger partial charge is 0.375 e. The second kappa shape index (κ2) is 16.7. The molecule has 0 aromatic rings. The molecule has 0 amide bonds. The minimum atomic E-state index is -4.55. The Balaban J connectivity index is 4.48. The first kappa shape index (κ1) is 29.0. The van der Waals surface area contributed by atoms with Gasteiger partial charge in [0.25, 0.3) is 0 Å².